The molecule has 3 heterocycles. The van der Waals surface area contributed by atoms with Crippen LogP contribution in [0.3, 0.4) is 0 Å². The number of aryl methyl sites for hydroxylation is 1. The Morgan fingerprint density at radius 1 is 1.17 bits per heavy atom. The van der Waals surface area contributed by atoms with Crippen LogP contribution in [0.5, 0.6) is 5.75 Å². The van der Waals surface area contributed by atoms with Gasteiger partial charge in [-0.1, -0.05) is 0 Å². The van der Waals surface area contributed by atoms with E-state index >= 15 is 0 Å². The summed E-state index contributed by atoms with van der Waals surface area (Å²) in [4.78, 5) is 9.96. The summed E-state index contributed by atoms with van der Waals surface area (Å²) in [5.74, 6) is 1.65. The second-order valence-electron chi connectivity index (χ2n) is 8.64. The molecule has 0 amide bonds. The summed E-state index contributed by atoms with van der Waals surface area (Å²) in [5, 5.41) is 1.29. The number of morpholine rings is 1. The van der Waals surface area contributed by atoms with Crippen LogP contribution in [0.15, 0.2) is 12.3 Å². The van der Waals surface area contributed by atoms with E-state index in [1.165, 1.54) is 41.5 Å². The molecule has 2 aliphatic carbocycles. The van der Waals surface area contributed by atoms with Gasteiger partial charge in [-0.05, 0) is 62.5 Å². The highest BCUT2D eigenvalue weighted by Crippen LogP contribution is 2.48. The lowest BCUT2D eigenvalue weighted by Gasteiger charge is -2.38. The predicted octanol–water partition coefficient (Wildman–Crippen LogP) is 4.38. The molecule has 1 aliphatic heterocycles. The van der Waals surface area contributed by atoms with Crippen molar-refractivity contribution in [1.29, 1.82) is 0 Å². The standard InChI is InChI=1S/C23H32N2O3S/c1-26-13-9-16-2-7-20-21(16)22-19(8-10-24-23(22)29-20)28-18-5-3-17(4-6-18)25-11-14-27-15-12-25/h8,10,16-18H,2-7,9,11-15H2,1H3/t16-,17-,18-/m1/s1. The molecule has 0 aromatic carbocycles. The van der Waals surface area contributed by atoms with Crippen LogP contribution in [0.1, 0.15) is 54.9 Å². The molecule has 0 radical (unpaired) electrons. The summed E-state index contributed by atoms with van der Waals surface area (Å²) in [6, 6.07) is 2.80. The maximum atomic E-state index is 6.63. The number of ether oxygens (including phenoxy) is 3. The first-order valence-electron chi connectivity index (χ1n) is 11.2. The lowest BCUT2D eigenvalue weighted by Crippen LogP contribution is -2.46. The van der Waals surface area contributed by atoms with E-state index in [2.05, 4.69) is 16.0 Å². The van der Waals surface area contributed by atoms with E-state index < -0.39 is 0 Å². The Morgan fingerprint density at radius 2 is 2.00 bits per heavy atom. The molecule has 6 heteroatoms. The van der Waals surface area contributed by atoms with Crippen molar-refractivity contribution in [2.45, 2.75) is 63.0 Å². The first-order valence-corrected chi connectivity index (χ1v) is 12.0. The number of hydrogen-bond donors (Lipinski definition) is 0. The first kappa shape index (κ1) is 19.7. The largest absolute Gasteiger partial charge is 0.490 e. The average Bonchev–Trinajstić information content (AvgIpc) is 3.33. The van der Waals surface area contributed by atoms with E-state index in [1.54, 1.807) is 7.11 Å². The molecule has 0 unspecified atom stereocenters. The summed E-state index contributed by atoms with van der Waals surface area (Å²) in [6.07, 6.45) is 10.5. The minimum absolute atomic E-state index is 0.326. The summed E-state index contributed by atoms with van der Waals surface area (Å²) in [5.41, 5.74) is 1.51. The maximum Gasteiger partial charge on any atom is 0.131 e. The smallest absolute Gasteiger partial charge is 0.131 e. The van der Waals surface area contributed by atoms with Gasteiger partial charge in [0.05, 0.1) is 24.7 Å². The van der Waals surface area contributed by atoms with E-state index in [4.69, 9.17) is 14.2 Å². The van der Waals surface area contributed by atoms with Gasteiger partial charge >= 0.3 is 0 Å². The summed E-state index contributed by atoms with van der Waals surface area (Å²) in [6.45, 7) is 4.78. The van der Waals surface area contributed by atoms with Gasteiger partial charge in [-0.15, -0.1) is 11.3 Å². The summed E-state index contributed by atoms with van der Waals surface area (Å²) >= 11 is 1.87. The second kappa shape index (κ2) is 8.88. The Bertz CT molecular complexity index is 825. The number of aromatic nitrogens is 1. The van der Waals surface area contributed by atoms with Crippen LogP contribution in [0.2, 0.25) is 0 Å². The van der Waals surface area contributed by atoms with Crippen LogP contribution in [-0.2, 0) is 15.9 Å². The molecule has 2 fully saturated rings. The van der Waals surface area contributed by atoms with Gasteiger partial charge in [0.25, 0.3) is 0 Å². The van der Waals surface area contributed by atoms with E-state index in [0.717, 1.165) is 62.8 Å². The van der Waals surface area contributed by atoms with E-state index in [1.807, 2.05) is 17.5 Å². The van der Waals surface area contributed by atoms with Crippen molar-refractivity contribution in [3.8, 4) is 5.75 Å². The van der Waals surface area contributed by atoms with Crippen molar-refractivity contribution in [3.05, 3.63) is 22.7 Å². The van der Waals surface area contributed by atoms with Crippen molar-refractivity contribution < 1.29 is 14.2 Å². The minimum Gasteiger partial charge on any atom is -0.490 e. The Morgan fingerprint density at radius 3 is 2.79 bits per heavy atom. The quantitative estimate of drug-likeness (QED) is 0.699. The van der Waals surface area contributed by atoms with E-state index in [0.29, 0.717) is 18.1 Å². The molecule has 5 nitrogen and oxygen atoms in total. The predicted molar refractivity (Wildman–Crippen MR) is 116 cm³/mol. The highest BCUT2D eigenvalue weighted by Gasteiger charge is 2.31. The third-order valence-corrected chi connectivity index (χ3v) is 8.14. The van der Waals surface area contributed by atoms with Crippen molar-refractivity contribution >= 4 is 21.6 Å². The monoisotopic (exact) mass is 416 g/mol. The van der Waals surface area contributed by atoms with Crippen LogP contribution in [0.25, 0.3) is 10.2 Å². The van der Waals surface area contributed by atoms with Crippen LogP contribution in [0, 0.1) is 0 Å². The molecule has 0 bridgehead atoms. The van der Waals surface area contributed by atoms with E-state index in [-0.39, 0.29) is 0 Å². The van der Waals surface area contributed by atoms with E-state index in [9.17, 15) is 0 Å². The Balaban J connectivity index is 1.30. The molecule has 2 aromatic heterocycles. The molecule has 1 saturated carbocycles. The third-order valence-electron chi connectivity index (χ3n) is 6.97. The fourth-order valence-electron chi connectivity index (χ4n) is 5.43. The SMILES string of the molecule is COCC[C@H]1CCc2sc3nccc(O[C@H]4CC[C@H](N5CCOCC5)CC4)c3c21. The molecule has 0 spiro atoms. The number of nitrogens with zero attached hydrogens (tertiary/aromatic N) is 2. The number of pyridine rings is 1. The molecular formula is C23H32N2O3S. The lowest BCUT2D eigenvalue weighted by molar-refractivity contribution is -0.000919. The van der Waals surface area contributed by atoms with Crippen LogP contribution in [-0.4, -0.2) is 62.0 Å². The molecule has 158 valence electrons. The Labute approximate surface area is 177 Å². The molecule has 0 N–H and O–H groups in total. The minimum atomic E-state index is 0.326. The van der Waals surface area contributed by atoms with Gasteiger partial charge in [0.1, 0.15) is 10.6 Å². The third kappa shape index (κ3) is 4.05. The highest BCUT2D eigenvalue weighted by molar-refractivity contribution is 7.19. The second-order valence-corrected chi connectivity index (χ2v) is 9.73. The van der Waals surface area contributed by atoms with Crippen molar-refractivity contribution in [1.82, 2.24) is 9.88 Å². The van der Waals surface area contributed by atoms with Crippen LogP contribution < -0.4 is 4.74 Å². The number of rotatable bonds is 6. The summed E-state index contributed by atoms with van der Waals surface area (Å²) in [7, 11) is 1.80. The number of fused-ring (bicyclic) bond motifs is 3. The number of hydrogen-bond acceptors (Lipinski definition) is 6. The lowest BCUT2D eigenvalue weighted by atomic mass is 9.91. The topological polar surface area (TPSA) is 43.8 Å². The van der Waals surface area contributed by atoms with Gasteiger partial charge in [-0.3, -0.25) is 4.90 Å². The number of thiophene rings is 1. The molecule has 2 aromatic rings. The molecule has 1 saturated heterocycles. The molecule has 3 aliphatic rings. The fourth-order valence-corrected chi connectivity index (χ4v) is 6.69. The zero-order chi connectivity index (χ0) is 19.6. The Hall–Kier alpha value is -1.21. The average molecular weight is 417 g/mol. The maximum absolute atomic E-state index is 6.63. The summed E-state index contributed by atoms with van der Waals surface area (Å²) < 4.78 is 17.5. The van der Waals surface area contributed by atoms with Crippen molar-refractivity contribution in [2.24, 2.45) is 0 Å². The van der Waals surface area contributed by atoms with Gasteiger partial charge in [-0.25, -0.2) is 4.98 Å². The first-order chi connectivity index (χ1) is 14.3. The highest BCUT2D eigenvalue weighted by atomic mass is 32.1. The van der Waals surface area contributed by atoms with Crippen LogP contribution in [0.4, 0.5) is 0 Å². The molecule has 5 rings (SSSR count). The molecular weight excluding hydrogens is 384 g/mol. The zero-order valence-corrected chi connectivity index (χ0v) is 18.2. The van der Waals surface area contributed by atoms with Gasteiger partial charge < -0.3 is 14.2 Å². The van der Waals surface area contributed by atoms with Crippen molar-refractivity contribution in [2.75, 3.05) is 40.0 Å². The van der Waals surface area contributed by atoms with Crippen molar-refractivity contribution in [3.63, 3.8) is 0 Å². The molecule has 29 heavy (non-hydrogen) atoms. The van der Waals surface area contributed by atoms with Gasteiger partial charge in [0.15, 0.2) is 0 Å². The van der Waals surface area contributed by atoms with Crippen LogP contribution >= 0.6 is 11.3 Å². The van der Waals surface area contributed by atoms with Gasteiger partial charge in [0, 0.05) is 43.9 Å². The normalized spacial score (nSPS) is 28.0. The fraction of sp³-hybridized carbons (Fsp3) is 0.696. The zero-order valence-electron chi connectivity index (χ0n) is 17.4. The number of methoxy groups -OCH3 is 1. The van der Waals surface area contributed by atoms with Gasteiger partial charge in [-0.2, -0.15) is 0 Å². The molecule has 1 atom stereocenters. The Kier molecular flexibility index (Phi) is 6.04. The van der Waals surface area contributed by atoms with Gasteiger partial charge in [0.2, 0.25) is 0 Å².